The molecule has 0 aromatic heterocycles. The minimum atomic E-state index is -0.367. The first-order valence-corrected chi connectivity index (χ1v) is 24.1. The van der Waals surface area contributed by atoms with Gasteiger partial charge in [0.05, 0.1) is 26.4 Å². The number of hydrogen-bond donors (Lipinski definition) is 1. The van der Waals surface area contributed by atoms with Gasteiger partial charge in [-0.2, -0.15) is 0 Å². The first kappa shape index (κ1) is 55.5. The summed E-state index contributed by atoms with van der Waals surface area (Å²) in [7, 11) is 3.94. The fraction of sp³-hybridized carbons (Fsp3) is 0.875. The molecule has 0 fully saturated rings. The molecule has 0 rings (SSSR count). The number of ether oxygens (including phenoxy) is 3. The summed E-state index contributed by atoms with van der Waals surface area (Å²) in [5.74, 6) is -1.07. The SMILES string of the molecule is CCCCCCCCCCCCCCCC(=O)OCCCN(CCCOC(=O)CCCCCCCCCCCCCCC)C(=O)C=CC(=O)NCCOCCN(C)C. The molecule has 340 valence electrons. The van der Waals surface area contributed by atoms with Crippen molar-refractivity contribution in [2.45, 2.75) is 206 Å². The molecule has 0 heterocycles. The molecule has 0 bridgehead atoms. The summed E-state index contributed by atoms with van der Waals surface area (Å²) >= 11 is 0. The van der Waals surface area contributed by atoms with Crippen molar-refractivity contribution >= 4 is 23.8 Å². The van der Waals surface area contributed by atoms with Gasteiger partial charge in [-0.25, -0.2) is 0 Å². The van der Waals surface area contributed by atoms with Crippen molar-refractivity contribution in [2.75, 3.05) is 66.7 Å². The number of amides is 2. The van der Waals surface area contributed by atoms with Crippen LogP contribution in [0.2, 0.25) is 0 Å². The lowest BCUT2D eigenvalue weighted by molar-refractivity contribution is -0.144. The molecule has 10 heteroatoms. The number of hydrogen-bond acceptors (Lipinski definition) is 8. The quantitative estimate of drug-likeness (QED) is 0.0367. The smallest absolute Gasteiger partial charge is 0.305 e. The maximum Gasteiger partial charge on any atom is 0.305 e. The molecule has 0 spiro atoms. The van der Waals surface area contributed by atoms with Crippen molar-refractivity contribution in [3.8, 4) is 0 Å². The van der Waals surface area contributed by atoms with Crippen molar-refractivity contribution < 1.29 is 33.4 Å². The Morgan fingerprint density at radius 3 is 1.21 bits per heavy atom. The van der Waals surface area contributed by atoms with Gasteiger partial charge >= 0.3 is 11.9 Å². The molecule has 0 aliphatic rings. The minimum Gasteiger partial charge on any atom is -0.466 e. The van der Waals surface area contributed by atoms with E-state index in [1.807, 2.05) is 19.0 Å². The molecule has 0 atom stereocenters. The zero-order valence-electron chi connectivity index (χ0n) is 38.3. The number of rotatable bonds is 44. The van der Waals surface area contributed by atoms with Crippen LogP contribution in [0.25, 0.3) is 0 Å². The van der Waals surface area contributed by atoms with E-state index >= 15 is 0 Å². The fourth-order valence-corrected chi connectivity index (χ4v) is 6.84. The Labute approximate surface area is 356 Å². The summed E-state index contributed by atoms with van der Waals surface area (Å²) in [6, 6.07) is 0. The van der Waals surface area contributed by atoms with Crippen LogP contribution in [0, 0.1) is 0 Å². The summed E-state index contributed by atoms with van der Waals surface area (Å²) in [5.41, 5.74) is 0. The molecule has 2 amide bonds. The molecule has 0 aliphatic carbocycles. The summed E-state index contributed by atoms with van der Waals surface area (Å²) in [4.78, 5) is 53.7. The Morgan fingerprint density at radius 1 is 0.448 bits per heavy atom. The molecule has 0 saturated carbocycles. The normalized spacial score (nSPS) is 11.4. The molecular weight excluding hydrogens is 731 g/mol. The van der Waals surface area contributed by atoms with Crippen molar-refractivity contribution in [3.63, 3.8) is 0 Å². The van der Waals surface area contributed by atoms with Crippen LogP contribution in [0.1, 0.15) is 206 Å². The monoisotopic (exact) mass is 822 g/mol. The van der Waals surface area contributed by atoms with Gasteiger partial charge in [0.15, 0.2) is 0 Å². The highest BCUT2D eigenvalue weighted by Gasteiger charge is 2.13. The van der Waals surface area contributed by atoms with Gasteiger partial charge in [-0.1, -0.05) is 168 Å². The summed E-state index contributed by atoms with van der Waals surface area (Å²) in [5, 5.41) is 2.73. The third-order valence-electron chi connectivity index (χ3n) is 10.6. The molecular formula is C48H91N3O7. The standard InChI is InChI=1S/C48H91N3O7/c1-5-7-9-11-13-15-17-19-21-23-25-27-29-33-47(54)57-41-31-38-51(46(53)36-35-45(52)49-37-43-56-44-40-50(3)4)39-32-42-58-48(55)34-30-28-26-24-22-20-18-16-14-12-10-8-6-2/h35-36H,5-34,37-44H2,1-4H3,(H,49,52). The van der Waals surface area contributed by atoms with Crippen LogP contribution in [-0.2, 0) is 33.4 Å². The number of nitrogens with one attached hydrogen (secondary N) is 1. The highest BCUT2D eigenvalue weighted by molar-refractivity contribution is 5.96. The van der Waals surface area contributed by atoms with Gasteiger partial charge in [-0.05, 0) is 39.8 Å². The van der Waals surface area contributed by atoms with Crippen LogP contribution in [-0.4, -0.2) is 100 Å². The van der Waals surface area contributed by atoms with Gasteiger partial charge in [-0.3, -0.25) is 19.2 Å². The Bertz CT molecular complexity index is 940. The van der Waals surface area contributed by atoms with E-state index in [4.69, 9.17) is 14.2 Å². The molecule has 0 unspecified atom stereocenters. The van der Waals surface area contributed by atoms with E-state index in [1.165, 1.54) is 141 Å². The number of carbonyl (C=O) groups excluding carboxylic acids is 4. The van der Waals surface area contributed by atoms with Gasteiger partial charge < -0.3 is 29.3 Å². The second-order valence-corrected chi connectivity index (χ2v) is 16.5. The number of carbonyl (C=O) groups is 4. The van der Waals surface area contributed by atoms with Crippen LogP contribution < -0.4 is 5.32 Å². The second kappa shape index (κ2) is 44.1. The Morgan fingerprint density at radius 2 is 0.828 bits per heavy atom. The zero-order valence-corrected chi connectivity index (χ0v) is 38.3. The van der Waals surface area contributed by atoms with Gasteiger partial charge in [0.1, 0.15) is 0 Å². The predicted octanol–water partition coefficient (Wildman–Crippen LogP) is 10.9. The topological polar surface area (TPSA) is 114 Å². The molecule has 58 heavy (non-hydrogen) atoms. The van der Waals surface area contributed by atoms with Gasteiger partial charge in [0, 0.05) is 51.2 Å². The molecule has 10 nitrogen and oxygen atoms in total. The van der Waals surface area contributed by atoms with Crippen LogP contribution >= 0.6 is 0 Å². The second-order valence-electron chi connectivity index (χ2n) is 16.5. The van der Waals surface area contributed by atoms with Gasteiger partial charge in [0.25, 0.3) is 0 Å². The first-order valence-electron chi connectivity index (χ1n) is 24.1. The van der Waals surface area contributed by atoms with Crippen molar-refractivity contribution in [2.24, 2.45) is 0 Å². The van der Waals surface area contributed by atoms with Crippen LogP contribution in [0.15, 0.2) is 12.2 Å². The van der Waals surface area contributed by atoms with Crippen LogP contribution in [0.3, 0.4) is 0 Å². The number of esters is 2. The third-order valence-corrected chi connectivity index (χ3v) is 10.6. The Hall–Kier alpha value is -2.46. The average Bonchev–Trinajstić information content (AvgIpc) is 3.20. The van der Waals surface area contributed by atoms with Gasteiger partial charge in [0.2, 0.25) is 11.8 Å². The highest BCUT2D eigenvalue weighted by atomic mass is 16.5. The van der Waals surface area contributed by atoms with Crippen molar-refractivity contribution in [3.05, 3.63) is 12.2 Å². The Balaban J connectivity index is 4.39. The minimum absolute atomic E-state index is 0.196. The lowest BCUT2D eigenvalue weighted by atomic mass is 10.0. The molecule has 0 saturated heterocycles. The average molecular weight is 822 g/mol. The maximum atomic E-state index is 13.1. The Kier molecular flexibility index (Phi) is 42.2. The van der Waals surface area contributed by atoms with E-state index < -0.39 is 0 Å². The van der Waals surface area contributed by atoms with E-state index in [0.29, 0.717) is 58.5 Å². The maximum absolute atomic E-state index is 13.1. The summed E-state index contributed by atoms with van der Waals surface area (Å²) in [6.07, 6.45) is 37.1. The highest BCUT2D eigenvalue weighted by Crippen LogP contribution is 2.15. The summed E-state index contributed by atoms with van der Waals surface area (Å²) in [6.45, 7) is 7.83. The van der Waals surface area contributed by atoms with E-state index in [9.17, 15) is 19.2 Å². The number of likely N-dealkylation sites (N-methyl/N-ethyl adjacent to an activating group) is 1. The number of unbranched alkanes of at least 4 members (excludes halogenated alkanes) is 24. The third kappa shape index (κ3) is 41.7. The predicted molar refractivity (Wildman–Crippen MR) is 240 cm³/mol. The molecule has 0 aromatic carbocycles. The lowest BCUT2D eigenvalue weighted by Crippen LogP contribution is -2.33. The van der Waals surface area contributed by atoms with E-state index in [0.717, 1.165) is 45.1 Å². The summed E-state index contributed by atoms with van der Waals surface area (Å²) < 4.78 is 16.5. The lowest BCUT2D eigenvalue weighted by Gasteiger charge is -2.21. The van der Waals surface area contributed by atoms with Crippen molar-refractivity contribution in [1.82, 2.24) is 15.1 Å². The van der Waals surface area contributed by atoms with Crippen molar-refractivity contribution in [1.29, 1.82) is 0 Å². The van der Waals surface area contributed by atoms with E-state index in [-0.39, 0.29) is 37.0 Å². The van der Waals surface area contributed by atoms with Crippen LogP contribution in [0.4, 0.5) is 0 Å². The van der Waals surface area contributed by atoms with Crippen LogP contribution in [0.5, 0.6) is 0 Å². The largest absolute Gasteiger partial charge is 0.466 e. The number of nitrogens with zero attached hydrogens (tertiary/aromatic N) is 2. The fourth-order valence-electron chi connectivity index (χ4n) is 6.84. The van der Waals surface area contributed by atoms with E-state index in [2.05, 4.69) is 19.2 Å². The zero-order chi connectivity index (χ0) is 42.6. The van der Waals surface area contributed by atoms with Gasteiger partial charge in [-0.15, -0.1) is 0 Å². The molecule has 1 N–H and O–H groups in total. The van der Waals surface area contributed by atoms with E-state index in [1.54, 1.807) is 4.90 Å². The molecule has 0 aromatic rings. The molecule has 0 aliphatic heterocycles. The first-order chi connectivity index (χ1) is 28.3. The molecule has 0 radical (unpaired) electrons.